The molecule has 0 aromatic heterocycles. The molecule has 2 heterocycles. The Morgan fingerprint density at radius 3 is 2.85 bits per heavy atom. The molecule has 1 aromatic rings. The van der Waals surface area contributed by atoms with Gasteiger partial charge in [-0.05, 0) is 24.5 Å². The van der Waals surface area contributed by atoms with Crippen LogP contribution in [0.5, 0.6) is 11.5 Å². The molecule has 0 aliphatic carbocycles. The molecule has 7 heteroatoms. The highest BCUT2D eigenvalue weighted by atomic mass is 16.6. The van der Waals surface area contributed by atoms with Crippen LogP contribution in [0, 0.1) is 11.8 Å². The lowest BCUT2D eigenvalue weighted by atomic mass is 10.1. The Morgan fingerprint density at radius 2 is 2.07 bits per heavy atom. The van der Waals surface area contributed by atoms with E-state index < -0.39 is 0 Å². The van der Waals surface area contributed by atoms with Crippen LogP contribution < -0.4 is 19.7 Å². The molecule has 1 fully saturated rings. The third-order valence-corrected chi connectivity index (χ3v) is 4.55. The van der Waals surface area contributed by atoms with Crippen LogP contribution in [-0.4, -0.2) is 51.3 Å². The molecule has 0 radical (unpaired) electrons. The summed E-state index contributed by atoms with van der Waals surface area (Å²) in [6.07, 6.45) is 0.995. The minimum absolute atomic E-state index is 0.0490. The van der Waals surface area contributed by atoms with Crippen LogP contribution in [0.1, 0.15) is 26.7 Å². The van der Waals surface area contributed by atoms with Crippen molar-refractivity contribution in [1.82, 2.24) is 5.32 Å². The number of rotatable bonds is 8. The number of nitrogens with one attached hydrogen (secondary N) is 1. The van der Waals surface area contributed by atoms with Gasteiger partial charge >= 0.3 is 0 Å². The van der Waals surface area contributed by atoms with Gasteiger partial charge in [-0.1, -0.05) is 13.8 Å². The zero-order valence-electron chi connectivity index (χ0n) is 16.0. The van der Waals surface area contributed by atoms with Crippen molar-refractivity contribution in [1.29, 1.82) is 0 Å². The minimum Gasteiger partial charge on any atom is -0.486 e. The maximum Gasteiger partial charge on any atom is 0.227 e. The molecule has 7 nitrogen and oxygen atoms in total. The van der Waals surface area contributed by atoms with Gasteiger partial charge in [0, 0.05) is 44.5 Å². The zero-order valence-corrected chi connectivity index (χ0v) is 16.0. The van der Waals surface area contributed by atoms with Crippen molar-refractivity contribution < 1.29 is 23.8 Å². The first-order valence-corrected chi connectivity index (χ1v) is 9.60. The Bertz CT molecular complexity index is 676. The lowest BCUT2D eigenvalue weighted by Gasteiger charge is -2.22. The summed E-state index contributed by atoms with van der Waals surface area (Å²) in [5.74, 6) is 1.38. The molecule has 1 N–H and O–H groups in total. The van der Waals surface area contributed by atoms with Gasteiger partial charge in [0.25, 0.3) is 0 Å². The molecule has 1 saturated heterocycles. The molecule has 148 valence electrons. The first kappa shape index (κ1) is 19.5. The normalized spacial score (nSPS) is 18.9. The average molecular weight is 376 g/mol. The fraction of sp³-hybridized carbons (Fsp3) is 0.600. The van der Waals surface area contributed by atoms with Gasteiger partial charge in [0.2, 0.25) is 11.8 Å². The molecule has 0 bridgehead atoms. The number of carbonyl (C=O) groups excluding carboxylic acids is 2. The summed E-state index contributed by atoms with van der Waals surface area (Å²) in [7, 11) is 0. The third-order valence-electron chi connectivity index (χ3n) is 4.55. The largest absolute Gasteiger partial charge is 0.486 e. The molecule has 3 rings (SSSR count). The summed E-state index contributed by atoms with van der Waals surface area (Å²) in [6, 6.07) is 5.44. The molecule has 0 spiro atoms. The van der Waals surface area contributed by atoms with E-state index in [9.17, 15) is 9.59 Å². The Labute approximate surface area is 160 Å². The smallest absolute Gasteiger partial charge is 0.227 e. The van der Waals surface area contributed by atoms with E-state index in [1.807, 2.05) is 12.1 Å². The Kier molecular flexibility index (Phi) is 6.55. The average Bonchev–Trinajstić information content (AvgIpc) is 3.05. The van der Waals surface area contributed by atoms with E-state index in [2.05, 4.69) is 19.2 Å². The second-order valence-corrected chi connectivity index (χ2v) is 7.35. The lowest BCUT2D eigenvalue weighted by molar-refractivity contribution is -0.126. The van der Waals surface area contributed by atoms with Crippen LogP contribution in [0.4, 0.5) is 5.69 Å². The van der Waals surface area contributed by atoms with Gasteiger partial charge in [-0.3, -0.25) is 9.59 Å². The zero-order chi connectivity index (χ0) is 19.2. The number of ether oxygens (including phenoxy) is 3. The number of hydrogen-bond donors (Lipinski definition) is 1. The van der Waals surface area contributed by atoms with Crippen molar-refractivity contribution >= 4 is 17.5 Å². The van der Waals surface area contributed by atoms with Crippen LogP contribution in [0.2, 0.25) is 0 Å². The fourth-order valence-corrected chi connectivity index (χ4v) is 3.18. The first-order chi connectivity index (χ1) is 13.0. The molecular weight excluding hydrogens is 348 g/mol. The monoisotopic (exact) mass is 376 g/mol. The van der Waals surface area contributed by atoms with Crippen molar-refractivity contribution in [3.05, 3.63) is 18.2 Å². The predicted octanol–water partition coefficient (Wildman–Crippen LogP) is 1.99. The Morgan fingerprint density at radius 1 is 1.30 bits per heavy atom. The molecule has 27 heavy (non-hydrogen) atoms. The molecule has 1 aromatic carbocycles. The van der Waals surface area contributed by atoms with Gasteiger partial charge in [0.05, 0.1) is 5.92 Å². The topological polar surface area (TPSA) is 77.1 Å². The second-order valence-electron chi connectivity index (χ2n) is 7.35. The van der Waals surface area contributed by atoms with E-state index in [1.54, 1.807) is 11.0 Å². The van der Waals surface area contributed by atoms with Gasteiger partial charge in [0.15, 0.2) is 11.5 Å². The van der Waals surface area contributed by atoms with Crippen molar-refractivity contribution in [2.75, 3.05) is 44.4 Å². The summed E-state index contributed by atoms with van der Waals surface area (Å²) >= 11 is 0. The highest BCUT2D eigenvalue weighted by Crippen LogP contribution is 2.35. The minimum atomic E-state index is -0.331. The van der Waals surface area contributed by atoms with Gasteiger partial charge in [-0.2, -0.15) is 0 Å². The quantitative estimate of drug-likeness (QED) is 0.702. The molecular formula is C20H28N2O5. The molecule has 1 atom stereocenters. The maximum absolute atomic E-state index is 12.4. The number of benzene rings is 1. The summed E-state index contributed by atoms with van der Waals surface area (Å²) < 4.78 is 16.6. The summed E-state index contributed by atoms with van der Waals surface area (Å²) in [5.41, 5.74) is 0.738. The summed E-state index contributed by atoms with van der Waals surface area (Å²) in [4.78, 5) is 26.4. The number of carbonyl (C=O) groups is 2. The van der Waals surface area contributed by atoms with E-state index in [-0.39, 0.29) is 24.2 Å². The first-order valence-electron chi connectivity index (χ1n) is 9.60. The number of hydrogen-bond acceptors (Lipinski definition) is 5. The Hall–Kier alpha value is -2.28. The van der Waals surface area contributed by atoms with E-state index in [1.165, 1.54) is 0 Å². The van der Waals surface area contributed by atoms with Crippen LogP contribution in [-0.2, 0) is 14.3 Å². The lowest BCUT2D eigenvalue weighted by Crippen LogP contribution is -2.34. The number of fused-ring (bicyclic) bond motifs is 1. The fourth-order valence-electron chi connectivity index (χ4n) is 3.18. The predicted molar refractivity (Wildman–Crippen MR) is 101 cm³/mol. The van der Waals surface area contributed by atoms with Gasteiger partial charge < -0.3 is 24.4 Å². The molecule has 2 aliphatic heterocycles. The molecule has 1 unspecified atom stereocenters. The highest BCUT2D eigenvalue weighted by molar-refractivity contribution is 6.00. The van der Waals surface area contributed by atoms with Crippen LogP contribution in [0.3, 0.4) is 0 Å². The van der Waals surface area contributed by atoms with Crippen molar-refractivity contribution in [3.8, 4) is 11.5 Å². The van der Waals surface area contributed by atoms with Gasteiger partial charge in [-0.15, -0.1) is 0 Å². The van der Waals surface area contributed by atoms with Crippen LogP contribution in [0.25, 0.3) is 0 Å². The number of anilines is 1. The van der Waals surface area contributed by atoms with Crippen LogP contribution in [0.15, 0.2) is 18.2 Å². The number of amides is 2. The van der Waals surface area contributed by atoms with Crippen molar-refractivity contribution in [2.24, 2.45) is 11.8 Å². The molecule has 2 amide bonds. The van der Waals surface area contributed by atoms with E-state index >= 15 is 0 Å². The highest BCUT2D eigenvalue weighted by Gasteiger charge is 2.35. The van der Waals surface area contributed by atoms with E-state index in [0.717, 1.165) is 18.7 Å². The molecule has 0 saturated carbocycles. The van der Waals surface area contributed by atoms with Gasteiger partial charge in [0.1, 0.15) is 13.2 Å². The summed E-state index contributed by atoms with van der Waals surface area (Å²) in [5, 5.41) is 2.91. The SMILES string of the molecule is CC(C)COCCCNC(=O)C1CC(=O)N(c2ccc3c(c2)OCCO3)C1. The standard InChI is InChI=1S/C20H28N2O5/c1-14(2)13-25-7-3-6-21-20(24)15-10-19(23)22(12-15)16-4-5-17-18(11-16)27-9-8-26-17/h4-5,11,14-15H,3,6-10,12-13H2,1-2H3,(H,21,24). The van der Waals surface area contributed by atoms with E-state index in [4.69, 9.17) is 14.2 Å². The Balaban J connectivity index is 1.48. The van der Waals surface area contributed by atoms with Gasteiger partial charge in [-0.25, -0.2) is 0 Å². The second kappa shape index (κ2) is 9.08. The molecule has 2 aliphatic rings. The maximum atomic E-state index is 12.4. The third kappa shape index (κ3) is 5.13. The van der Waals surface area contributed by atoms with E-state index in [0.29, 0.717) is 50.3 Å². The van der Waals surface area contributed by atoms with Crippen molar-refractivity contribution in [2.45, 2.75) is 26.7 Å². The summed E-state index contributed by atoms with van der Waals surface area (Å²) in [6.45, 7) is 7.54. The van der Waals surface area contributed by atoms with Crippen LogP contribution >= 0.6 is 0 Å². The number of nitrogens with zero attached hydrogens (tertiary/aromatic N) is 1. The van der Waals surface area contributed by atoms with Crippen molar-refractivity contribution in [3.63, 3.8) is 0 Å².